The van der Waals surface area contributed by atoms with Crippen LogP contribution in [0.15, 0.2) is 29.4 Å². The van der Waals surface area contributed by atoms with Gasteiger partial charge >= 0.3 is 6.09 Å². The van der Waals surface area contributed by atoms with Crippen LogP contribution in [0.4, 0.5) is 4.79 Å². The van der Waals surface area contributed by atoms with Gasteiger partial charge in [-0.05, 0) is 57.3 Å². The average molecular weight is 478 g/mol. The van der Waals surface area contributed by atoms with E-state index in [4.69, 9.17) is 9.47 Å². The van der Waals surface area contributed by atoms with Gasteiger partial charge in [0.2, 0.25) is 0 Å². The first kappa shape index (κ1) is 25.5. The monoisotopic (exact) mass is 477 g/mol. The number of aromatic nitrogens is 1. The number of hydrogen-bond acceptors (Lipinski definition) is 8. The van der Waals surface area contributed by atoms with Gasteiger partial charge in [0.1, 0.15) is 11.3 Å². The van der Waals surface area contributed by atoms with Crippen LogP contribution in [0.25, 0.3) is 0 Å². The zero-order chi connectivity index (χ0) is 23.7. The van der Waals surface area contributed by atoms with Crippen molar-refractivity contribution in [2.75, 3.05) is 45.1 Å². The molecule has 1 saturated heterocycles. The Labute approximate surface area is 200 Å². The molecule has 0 aliphatic carbocycles. The summed E-state index contributed by atoms with van der Waals surface area (Å²) >= 11 is 1.53. The lowest BCUT2D eigenvalue weighted by molar-refractivity contribution is 0.0374. The predicted octanol–water partition coefficient (Wildman–Crippen LogP) is 2.10. The summed E-state index contributed by atoms with van der Waals surface area (Å²) < 4.78 is 10.7. The minimum atomic E-state index is -0.585. The van der Waals surface area contributed by atoms with Crippen molar-refractivity contribution in [1.82, 2.24) is 25.8 Å². The zero-order valence-electron chi connectivity index (χ0n) is 19.7. The second kappa shape index (κ2) is 12.4. The third kappa shape index (κ3) is 8.96. The summed E-state index contributed by atoms with van der Waals surface area (Å²) in [4.78, 5) is 31.4. The summed E-state index contributed by atoms with van der Waals surface area (Å²) in [5.41, 5.74) is 1.42. The lowest BCUT2D eigenvalue weighted by atomic mass is 10.2. The van der Waals surface area contributed by atoms with Crippen molar-refractivity contribution in [1.29, 1.82) is 0 Å². The minimum Gasteiger partial charge on any atom is -0.444 e. The van der Waals surface area contributed by atoms with Gasteiger partial charge in [-0.3, -0.25) is 20.0 Å². The molecule has 1 fully saturated rings. The highest BCUT2D eigenvalue weighted by Crippen LogP contribution is 2.21. The first-order chi connectivity index (χ1) is 15.8. The van der Waals surface area contributed by atoms with Crippen LogP contribution in [0, 0.1) is 0 Å². The van der Waals surface area contributed by atoms with Gasteiger partial charge in [-0.1, -0.05) is 6.07 Å². The average Bonchev–Trinajstić information content (AvgIpc) is 3.19. The van der Waals surface area contributed by atoms with E-state index >= 15 is 0 Å². The van der Waals surface area contributed by atoms with E-state index in [-0.39, 0.29) is 11.9 Å². The third-order valence-electron chi connectivity index (χ3n) is 5.12. The second-order valence-electron chi connectivity index (χ2n) is 9.10. The molecule has 0 saturated carbocycles. The van der Waals surface area contributed by atoms with Gasteiger partial charge in [0, 0.05) is 31.6 Å². The molecular formula is C23H35N5O4S. The van der Waals surface area contributed by atoms with Crippen LogP contribution in [0.2, 0.25) is 0 Å². The molecule has 2 amide bonds. The van der Waals surface area contributed by atoms with Crippen molar-refractivity contribution in [3.05, 3.63) is 40.7 Å². The third-order valence-corrected chi connectivity index (χ3v) is 6.06. The van der Waals surface area contributed by atoms with E-state index in [1.165, 1.54) is 11.8 Å². The Hall–Kier alpha value is -2.14. The number of nitrogens with one attached hydrogen (secondary N) is 3. The maximum absolute atomic E-state index is 12.6. The summed E-state index contributed by atoms with van der Waals surface area (Å²) in [6.07, 6.45) is 2.28. The number of pyridine rings is 1. The minimum absolute atomic E-state index is 0.274. The van der Waals surface area contributed by atoms with Gasteiger partial charge in [0.05, 0.1) is 25.0 Å². The smallest absolute Gasteiger partial charge is 0.411 e. The molecule has 0 spiro atoms. The number of amides is 2. The highest BCUT2D eigenvalue weighted by molar-refractivity contribution is 8.02. The fourth-order valence-corrected chi connectivity index (χ4v) is 4.40. The van der Waals surface area contributed by atoms with Gasteiger partial charge in [-0.2, -0.15) is 0 Å². The molecule has 0 aromatic carbocycles. The van der Waals surface area contributed by atoms with E-state index in [0.29, 0.717) is 23.7 Å². The summed E-state index contributed by atoms with van der Waals surface area (Å²) in [7, 11) is 0. The summed E-state index contributed by atoms with van der Waals surface area (Å²) in [6, 6.07) is 3.34. The molecule has 33 heavy (non-hydrogen) atoms. The van der Waals surface area contributed by atoms with Crippen LogP contribution in [0.3, 0.4) is 0 Å². The Bertz CT molecular complexity index is 819. The molecule has 0 radical (unpaired) electrons. The normalized spacial score (nSPS) is 19.1. The molecule has 9 nitrogen and oxygen atoms in total. The summed E-state index contributed by atoms with van der Waals surface area (Å²) in [6.45, 7) is 11.8. The number of alkyl carbamates (subject to hydrolysis) is 1. The molecule has 3 rings (SSSR count). The first-order valence-electron chi connectivity index (χ1n) is 11.4. The van der Waals surface area contributed by atoms with E-state index in [0.717, 1.165) is 51.4 Å². The second-order valence-corrected chi connectivity index (χ2v) is 10.00. The van der Waals surface area contributed by atoms with E-state index in [2.05, 4.69) is 25.8 Å². The number of ether oxygens (including phenoxy) is 2. The number of thioether (sulfide) groups is 1. The Morgan fingerprint density at radius 3 is 2.76 bits per heavy atom. The number of carbonyl (C=O) groups is 2. The van der Waals surface area contributed by atoms with Crippen molar-refractivity contribution in [3.8, 4) is 0 Å². The number of rotatable bonds is 9. The molecule has 182 valence electrons. The van der Waals surface area contributed by atoms with Crippen molar-refractivity contribution >= 4 is 23.8 Å². The molecule has 2 aliphatic heterocycles. The van der Waals surface area contributed by atoms with E-state index in [1.807, 2.05) is 11.5 Å². The summed E-state index contributed by atoms with van der Waals surface area (Å²) in [5, 5.41) is 10.9. The Morgan fingerprint density at radius 1 is 1.27 bits per heavy atom. The maximum Gasteiger partial charge on any atom is 0.411 e. The van der Waals surface area contributed by atoms with E-state index in [9.17, 15) is 9.59 Å². The lowest BCUT2D eigenvalue weighted by Crippen LogP contribution is -2.43. The molecule has 1 aromatic heterocycles. The molecule has 3 N–H and O–H groups in total. The Kier molecular flexibility index (Phi) is 9.54. The van der Waals surface area contributed by atoms with Crippen molar-refractivity contribution < 1.29 is 19.1 Å². The molecule has 1 atom stereocenters. The number of carbonyl (C=O) groups excluding carboxylic acids is 2. The van der Waals surface area contributed by atoms with Gasteiger partial charge in [-0.25, -0.2) is 4.79 Å². The molecule has 1 unspecified atom stereocenters. The van der Waals surface area contributed by atoms with E-state index < -0.39 is 11.7 Å². The highest BCUT2D eigenvalue weighted by atomic mass is 32.2. The molecule has 0 bridgehead atoms. The fourth-order valence-electron chi connectivity index (χ4n) is 3.44. The molecule has 3 heterocycles. The van der Waals surface area contributed by atoms with Crippen LogP contribution >= 0.6 is 11.8 Å². The number of nitrogens with zero attached hydrogens (tertiary/aromatic N) is 2. The highest BCUT2D eigenvalue weighted by Gasteiger charge is 2.26. The van der Waals surface area contributed by atoms with Crippen molar-refractivity contribution in [2.45, 2.75) is 45.4 Å². The van der Waals surface area contributed by atoms with Gasteiger partial charge in [0.25, 0.3) is 5.91 Å². The topological polar surface area (TPSA) is 105 Å². The number of hydrogen-bond donors (Lipinski definition) is 3. The lowest BCUT2D eigenvalue weighted by Gasteiger charge is -2.26. The van der Waals surface area contributed by atoms with Crippen molar-refractivity contribution in [2.24, 2.45) is 0 Å². The van der Waals surface area contributed by atoms with Crippen LogP contribution in [0.1, 0.15) is 43.2 Å². The Morgan fingerprint density at radius 2 is 2.06 bits per heavy atom. The molecule has 1 aromatic rings. The van der Waals surface area contributed by atoms with Crippen LogP contribution < -0.4 is 16.0 Å². The van der Waals surface area contributed by atoms with Crippen molar-refractivity contribution in [3.63, 3.8) is 0 Å². The molecular weight excluding hydrogens is 442 g/mol. The number of morpholine rings is 1. The SMILES string of the molecule is CC(C)(C)OC(=O)NC1=CSCC1NC(=O)c1ccc(CNCCCN2CCOCC2)cn1. The fraction of sp³-hybridized carbons (Fsp3) is 0.609. The molecule has 10 heteroatoms. The van der Waals surface area contributed by atoms with Gasteiger partial charge in [0.15, 0.2) is 0 Å². The predicted molar refractivity (Wildman–Crippen MR) is 129 cm³/mol. The van der Waals surface area contributed by atoms with Crippen LogP contribution in [0.5, 0.6) is 0 Å². The van der Waals surface area contributed by atoms with E-state index in [1.54, 1.807) is 33.0 Å². The van der Waals surface area contributed by atoms with Crippen LogP contribution in [-0.4, -0.2) is 78.7 Å². The summed E-state index contributed by atoms with van der Waals surface area (Å²) in [5.74, 6) is 0.368. The van der Waals surface area contributed by atoms with Gasteiger partial charge in [-0.15, -0.1) is 11.8 Å². The first-order valence-corrected chi connectivity index (χ1v) is 12.4. The maximum atomic E-state index is 12.6. The standard InChI is InChI=1S/C23H35N5O4S/c1-23(2,3)32-22(30)27-20-16-33-15-19(20)26-21(29)18-6-5-17(14-25-18)13-24-7-4-8-28-9-11-31-12-10-28/h5-6,14,16,19,24H,4,7-13,15H2,1-3H3,(H,26,29)(H,27,30). The largest absolute Gasteiger partial charge is 0.444 e. The quantitative estimate of drug-likeness (QED) is 0.465. The van der Waals surface area contributed by atoms with Gasteiger partial charge < -0.3 is 20.1 Å². The zero-order valence-corrected chi connectivity index (χ0v) is 20.5. The Balaban J connectivity index is 1.38. The van der Waals surface area contributed by atoms with Crippen LogP contribution in [-0.2, 0) is 16.0 Å². The molecule has 2 aliphatic rings.